The molecule has 2 saturated carbocycles. The average molecular weight is 445 g/mol. The van der Waals surface area contributed by atoms with Crippen LogP contribution >= 0.6 is 0 Å². The number of hydrogen-bond acceptors (Lipinski definition) is 4. The van der Waals surface area contributed by atoms with Gasteiger partial charge in [-0.3, -0.25) is 0 Å². The number of aliphatic hydroxyl groups is 3. The maximum Gasteiger partial charge on any atom is 0.115 e. The van der Waals surface area contributed by atoms with Crippen LogP contribution in [0.15, 0.2) is 30.4 Å². The van der Waals surface area contributed by atoms with E-state index < -0.39 is 17.8 Å². The lowest BCUT2D eigenvalue weighted by molar-refractivity contribution is -0.198. The van der Waals surface area contributed by atoms with Crippen LogP contribution < -0.4 is 0 Å². The molecule has 1 aromatic rings. The first-order valence-corrected chi connectivity index (χ1v) is 12.4. The summed E-state index contributed by atoms with van der Waals surface area (Å²) < 4.78 is 0. The summed E-state index contributed by atoms with van der Waals surface area (Å²) in [7, 11) is 0. The molecular formula is C28H44O4. The average Bonchev–Trinajstić information content (AvgIpc) is 3.01. The third kappa shape index (κ3) is 4.64. The Balaban J connectivity index is 1.81. The fraction of sp³-hybridized carbons (Fsp3) is 0.714. The monoisotopic (exact) mass is 444 g/mol. The highest BCUT2D eigenvalue weighted by molar-refractivity contribution is 5.34. The molecule has 32 heavy (non-hydrogen) atoms. The van der Waals surface area contributed by atoms with Crippen molar-refractivity contribution >= 4 is 0 Å². The van der Waals surface area contributed by atoms with Gasteiger partial charge >= 0.3 is 0 Å². The van der Waals surface area contributed by atoms with E-state index >= 15 is 0 Å². The van der Waals surface area contributed by atoms with Crippen molar-refractivity contribution in [3.05, 3.63) is 41.5 Å². The van der Waals surface area contributed by atoms with Crippen LogP contribution in [0.1, 0.15) is 77.3 Å². The van der Waals surface area contributed by atoms with Crippen LogP contribution in [-0.2, 0) is 6.42 Å². The van der Waals surface area contributed by atoms with Crippen LogP contribution in [0.25, 0.3) is 0 Å². The summed E-state index contributed by atoms with van der Waals surface area (Å²) in [5, 5.41) is 43.9. The van der Waals surface area contributed by atoms with Crippen molar-refractivity contribution in [2.45, 2.75) is 97.4 Å². The second-order valence-corrected chi connectivity index (χ2v) is 11.4. The van der Waals surface area contributed by atoms with E-state index in [4.69, 9.17) is 0 Å². The molecule has 4 nitrogen and oxygen atoms in total. The zero-order valence-electron chi connectivity index (χ0n) is 20.6. The van der Waals surface area contributed by atoms with Crippen molar-refractivity contribution in [3.8, 4) is 5.75 Å². The van der Waals surface area contributed by atoms with E-state index in [1.807, 2.05) is 13.0 Å². The van der Waals surface area contributed by atoms with E-state index in [0.717, 1.165) is 30.4 Å². The number of aromatic hydroxyl groups is 1. The largest absolute Gasteiger partial charge is 0.508 e. The Kier molecular flexibility index (Phi) is 7.49. The second kappa shape index (κ2) is 9.48. The Morgan fingerprint density at radius 3 is 2.56 bits per heavy atom. The van der Waals surface area contributed by atoms with E-state index in [1.54, 1.807) is 12.1 Å². The highest BCUT2D eigenvalue weighted by atomic mass is 16.3. The van der Waals surface area contributed by atoms with Gasteiger partial charge in [0.2, 0.25) is 0 Å². The molecule has 0 amide bonds. The summed E-state index contributed by atoms with van der Waals surface area (Å²) in [5.74, 6) is 1.07. The number of allylic oxidation sites excluding steroid dienone is 1. The van der Waals surface area contributed by atoms with E-state index in [0.29, 0.717) is 43.4 Å². The summed E-state index contributed by atoms with van der Waals surface area (Å²) >= 11 is 0. The smallest absolute Gasteiger partial charge is 0.115 e. The van der Waals surface area contributed by atoms with Gasteiger partial charge in [-0.25, -0.2) is 0 Å². The number of benzene rings is 1. The van der Waals surface area contributed by atoms with Crippen LogP contribution in [0, 0.1) is 36.0 Å². The van der Waals surface area contributed by atoms with Crippen molar-refractivity contribution in [3.63, 3.8) is 0 Å². The second-order valence-electron chi connectivity index (χ2n) is 11.4. The molecule has 180 valence electrons. The lowest BCUT2D eigenvalue weighted by atomic mass is 9.55. The number of fused-ring (bicyclic) bond motifs is 1. The number of phenols is 1. The SMILES string of the molecule is C=C(CC[C@@H](C)[C@H]1C[C@@H](O)[C@@H]2[C@]1(C)CC[C@@H](O)[C@@]2(O)CCc1cc(O)ccc1C)C(C)C. The lowest BCUT2D eigenvalue weighted by Crippen LogP contribution is -2.60. The molecule has 0 unspecified atom stereocenters. The molecule has 0 radical (unpaired) electrons. The fourth-order valence-corrected chi connectivity index (χ4v) is 6.86. The lowest BCUT2D eigenvalue weighted by Gasteiger charge is -2.53. The third-order valence-corrected chi connectivity index (χ3v) is 9.06. The summed E-state index contributed by atoms with van der Waals surface area (Å²) in [5.41, 5.74) is 1.76. The van der Waals surface area contributed by atoms with E-state index in [1.165, 1.54) is 5.57 Å². The molecule has 2 fully saturated rings. The minimum atomic E-state index is -1.33. The molecule has 0 bridgehead atoms. The molecule has 0 aromatic heterocycles. The molecule has 4 heteroatoms. The number of aliphatic hydroxyl groups excluding tert-OH is 2. The Hall–Kier alpha value is -1.36. The highest BCUT2D eigenvalue weighted by Crippen LogP contribution is 2.62. The molecule has 2 aliphatic carbocycles. The van der Waals surface area contributed by atoms with Crippen molar-refractivity contribution in [2.24, 2.45) is 29.1 Å². The summed E-state index contributed by atoms with van der Waals surface area (Å²) in [6.45, 7) is 15.1. The van der Waals surface area contributed by atoms with Gasteiger partial charge in [0.25, 0.3) is 0 Å². The van der Waals surface area contributed by atoms with Crippen molar-refractivity contribution in [2.75, 3.05) is 0 Å². The van der Waals surface area contributed by atoms with E-state index in [9.17, 15) is 20.4 Å². The van der Waals surface area contributed by atoms with Crippen LogP contribution in [0.4, 0.5) is 0 Å². The topological polar surface area (TPSA) is 80.9 Å². The molecule has 0 aliphatic heterocycles. The van der Waals surface area contributed by atoms with Gasteiger partial charge in [-0.1, -0.05) is 45.9 Å². The van der Waals surface area contributed by atoms with Gasteiger partial charge in [-0.15, -0.1) is 0 Å². The maximum absolute atomic E-state index is 11.9. The standard InChI is InChI=1S/C28H44O4/c1-17(2)18(3)7-8-20(5)23-16-24(30)26-27(23,6)13-12-25(31)28(26,32)14-11-21-15-22(29)10-9-19(21)4/h9-10,15,17,20,23-26,29-32H,3,7-8,11-14,16H2,1-2,4-6H3/t20-,23-,24-,25-,26-,27-,28+/m1/s1. The van der Waals surface area contributed by atoms with E-state index in [-0.39, 0.29) is 17.1 Å². The molecule has 2 aliphatic rings. The summed E-state index contributed by atoms with van der Waals surface area (Å²) in [4.78, 5) is 0. The van der Waals surface area contributed by atoms with Gasteiger partial charge in [0.05, 0.1) is 17.8 Å². The highest BCUT2D eigenvalue weighted by Gasteiger charge is 2.64. The van der Waals surface area contributed by atoms with Gasteiger partial charge in [-0.2, -0.15) is 0 Å². The Morgan fingerprint density at radius 1 is 1.22 bits per heavy atom. The molecule has 7 atom stereocenters. The molecule has 1 aromatic carbocycles. The number of aryl methyl sites for hydroxylation is 2. The fourth-order valence-electron chi connectivity index (χ4n) is 6.86. The van der Waals surface area contributed by atoms with Crippen molar-refractivity contribution < 1.29 is 20.4 Å². The number of rotatable bonds is 8. The minimum absolute atomic E-state index is 0.208. The van der Waals surface area contributed by atoms with Crippen LogP contribution in [0.3, 0.4) is 0 Å². The van der Waals surface area contributed by atoms with Crippen molar-refractivity contribution in [1.82, 2.24) is 0 Å². The first kappa shape index (κ1) is 25.3. The zero-order chi connectivity index (χ0) is 23.8. The quantitative estimate of drug-likeness (QED) is 0.418. The molecule has 0 saturated heterocycles. The minimum Gasteiger partial charge on any atom is -0.508 e. The van der Waals surface area contributed by atoms with Gasteiger partial charge in [0.15, 0.2) is 0 Å². The summed E-state index contributed by atoms with van der Waals surface area (Å²) in [6, 6.07) is 5.29. The van der Waals surface area contributed by atoms with E-state index in [2.05, 4.69) is 34.3 Å². The Bertz CT molecular complexity index is 818. The molecule has 0 spiro atoms. The first-order valence-electron chi connectivity index (χ1n) is 12.4. The molecule has 3 rings (SSSR count). The third-order valence-electron chi connectivity index (χ3n) is 9.06. The Labute approximate surface area is 194 Å². The zero-order valence-corrected chi connectivity index (χ0v) is 20.6. The van der Waals surface area contributed by atoms with Gasteiger partial charge in [-0.05, 0) is 98.3 Å². The normalized spacial score (nSPS) is 35.7. The van der Waals surface area contributed by atoms with Crippen molar-refractivity contribution in [1.29, 1.82) is 0 Å². The maximum atomic E-state index is 11.9. The first-order chi connectivity index (χ1) is 14.9. The molecule has 0 heterocycles. The van der Waals surface area contributed by atoms with Crippen LogP contribution in [-0.4, -0.2) is 38.2 Å². The predicted octanol–water partition coefficient (Wildman–Crippen LogP) is 5.15. The summed E-state index contributed by atoms with van der Waals surface area (Å²) in [6.07, 6.45) is 3.56. The van der Waals surface area contributed by atoms with Gasteiger partial charge in [0.1, 0.15) is 5.75 Å². The molecular weight excluding hydrogens is 400 g/mol. The van der Waals surface area contributed by atoms with Crippen LogP contribution in [0.2, 0.25) is 0 Å². The van der Waals surface area contributed by atoms with Crippen LogP contribution in [0.5, 0.6) is 5.75 Å². The number of phenolic OH excluding ortho intramolecular Hbond substituents is 1. The predicted molar refractivity (Wildman–Crippen MR) is 129 cm³/mol. The van der Waals surface area contributed by atoms with Gasteiger partial charge in [0, 0.05) is 5.92 Å². The number of hydrogen-bond donors (Lipinski definition) is 4. The Morgan fingerprint density at radius 2 is 1.91 bits per heavy atom. The van der Waals surface area contributed by atoms with Gasteiger partial charge < -0.3 is 20.4 Å². The molecule has 4 N–H and O–H groups in total.